The van der Waals surface area contributed by atoms with Crippen LogP contribution in [-0.2, 0) is 0 Å². The molecule has 5 nitrogen and oxygen atoms in total. The van der Waals surface area contributed by atoms with Crippen LogP contribution in [0.1, 0.15) is 38.1 Å². The number of anilines is 1. The van der Waals surface area contributed by atoms with Gasteiger partial charge in [0, 0.05) is 12.2 Å². The molecule has 1 heterocycles. The molecular weight excluding hydrogens is 214 g/mol. The molecule has 0 unspecified atom stereocenters. The first-order valence-electron chi connectivity index (χ1n) is 5.83. The Labute approximate surface area is 102 Å². The third kappa shape index (κ3) is 3.14. The number of aryl methyl sites for hydroxylation is 1. The fourth-order valence-corrected chi connectivity index (χ4v) is 1.69. The van der Waals surface area contributed by atoms with Gasteiger partial charge < -0.3 is 11.1 Å². The Morgan fingerprint density at radius 3 is 2.53 bits per heavy atom. The van der Waals surface area contributed by atoms with Crippen LogP contribution in [0.2, 0.25) is 0 Å². The molecule has 0 aliphatic heterocycles. The van der Waals surface area contributed by atoms with Gasteiger partial charge in [0.2, 0.25) is 5.95 Å². The topological polar surface area (TPSA) is 87.6 Å². The smallest absolute Gasteiger partial charge is 0.224 e. The normalized spacial score (nSPS) is 11.0. The zero-order chi connectivity index (χ0) is 12.9. The lowest BCUT2D eigenvalue weighted by molar-refractivity contribution is 0.442. The van der Waals surface area contributed by atoms with Crippen LogP contribution in [0.25, 0.3) is 0 Å². The molecule has 0 aromatic carbocycles. The molecule has 1 aromatic rings. The first-order valence-corrected chi connectivity index (χ1v) is 5.83. The second-order valence-electron chi connectivity index (χ2n) is 4.15. The van der Waals surface area contributed by atoms with Crippen LogP contribution >= 0.6 is 0 Å². The molecular formula is C12H19N5. The predicted molar refractivity (Wildman–Crippen MR) is 67.5 cm³/mol. The summed E-state index contributed by atoms with van der Waals surface area (Å²) < 4.78 is 0. The van der Waals surface area contributed by atoms with Crippen LogP contribution < -0.4 is 11.1 Å². The van der Waals surface area contributed by atoms with Crippen LogP contribution in [0.5, 0.6) is 0 Å². The molecule has 0 saturated heterocycles. The number of nitrogens with zero attached hydrogens (tertiary/aromatic N) is 3. The van der Waals surface area contributed by atoms with Crippen LogP contribution in [-0.4, -0.2) is 22.1 Å². The van der Waals surface area contributed by atoms with E-state index in [1.54, 1.807) is 6.07 Å². The quantitative estimate of drug-likeness (QED) is 0.806. The molecule has 0 bridgehead atoms. The molecule has 1 aromatic heterocycles. The van der Waals surface area contributed by atoms with Gasteiger partial charge in [-0.3, -0.25) is 0 Å². The average molecular weight is 233 g/mol. The van der Waals surface area contributed by atoms with Crippen LogP contribution in [0.3, 0.4) is 0 Å². The Morgan fingerprint density at radius 2 is 2.06 bits per heavy atom. The predicted octanol–water partition coefficient (Wildman–Crippen LogP) is 1.59. The Balaban J connectivity index is 3.02. The summed E-state index contributed by atoms with van der Waals surface area (Å²) in [6.45, 7) is 6.50. The first-order chi connectivity index (χ1) is 8.09. The van der Waals surface area contributed by atoms with E-state index in [2.05, 4.69) is 29.1 Å². The van der Waals surface area contributed by atoms with Gasteiger partial charge in [-0.25, -0.2) is 9.97 Å². The van der Waals surface area contributed by atoms with Crippen molar-refractivity contribution >= 4 is 5.95 Å². The van der Waals surface area contributed by atoms with Crippen molar-refractivity contribution < 1.29 is 0 Å². The van der Waals surface area contributed by atoms with Crippen molar-refractivity contribution in [2.24, 2.45) is 5.73 Å². The molecule has 0 spiro atoms. The first kappa shape index (κ1) is 13.4. The number of nitriles is 1. The Bertz CT molecular complexity index is 409. The number of nitrogens with one attached hydrogen (secondary N) is 1. The Kier molecular flexibility index (Phi) is 4.41. The molecule has 0 saturated carbocycles. The second kappa shape index (κ2) is 5.60. The van der Waals surface area contributed by atoms with Crippen molar-refractivity contribution in [3.8, 4) is 6.07 Å². The molecule has 92 valence electrons. The molecule has 5 heteroatoms. The number of hydrogen-bond acceptors (Lipinski definition) is 5. The van der Waals surface area contributed by atoms with Gasteiger partial charge in [-0.2, -0.15) is 5.26 Å². The molecule has 0 amide bonds. The van der Waals surface area contributed by atoms with Gasteiger partial charge in [0.1, 0.15) is 11.8 Å². The molecule has 0 radical (unpaired) electrons. The summed E-state index contributed by atoms with van der Waals surface area (Å²) in [5, 5.41) is 12.1. The standard InChI is InChI=1S/C12H19N5/c1-4-12(5-2,8-14)17-11-15-9(3)6-10(7-13)16-11/h6H,4-5,8,14H2,1-3H3,(H,15,16,17). The van der Waals surface area contributed by atoms with Crippen LogP contribution in [0.15, 0.2) is 6.07 Å². The van der Waals surface area contributed by atoms with Crippen molar-refractivity contribution in [1.29, 1.82) is 5.26 Å². The highest BCUT2D eigenvalue weighted by atomic mass is 15.2. The minimum absolute atomic E-state index is 0.194. The van der Waals surface area contributed by atoms with Crippen molar-refractivity contribution in [2.75, 3.05) is 11.9 Å². The minimum atomic E-state index is -0.194. The summed E-state index contributed by atoms with van der Waals surface area (Å²) in [5.41, 5.74) is 6.76. The van der Waals surface area contributed by atoms with Crippen molar-refractivity contribution in [1.82, 2.24) is 9.97 Å². The van der Waals surface area contributed by atoms with E-state index in [9.17, 15) is 0 Å². The van der Waals surface area contributed by atoms with E-state index >= 15 is 0 Å². The van der Waals surface area contributed by atoms with E-state index < -0.39 is 0 Å². The summed E-state index contributed by atoms with van der Waals surface area (Å²) in [5.74, 6) is 0.482. The fourth-order valence-electron chi connectivity index (χ4n) is 1.69. The molecule has 0 atom stereocenters. The second-order valence-corrected chi connectivity index (χ2v) is 4.15. The number of nitrogens with two attached hydrogens (primary N) is 1. The maximum absolute atomic E-state index is 8.86. The molecule has 0 fully saturated rings. The van der Waals surface area contributed by atoms with Crippen LogP contribution in [0, 0.1) is 18.3 Å². The highest BCUT2D eigenvalue weighted by Crippen LogP contribution is 2.19. The van der Waals surface area contributed by atoms with E-state index in [4.69, 9.17) is 11.0 Å². The highest BCUT2D eigenvalue weighted by molar-refractivity contribution is 5.35. The maximum Gasteiger partial charge on any atom is 0.224 e. The maximum atomic E-state index is 8.86. The van der Waals surface area contributed by atoms with E-state index in [1.165, 1.54) is 0 Å². The molecule has 17 heavy (non-hydrogen) atoms. The lowest BCUT2D eigenvalue weighted by atomic mass is 9.93. The summed E-state index contributed by atoms with van der Waals surface area (Å²) in [6.07, 6.45) is 1.78. The van der Waals surface area contributed by atoms with Crippen molar-refractivity contribution in [2.45, 2.75) is 39.2 Å². The van der Waals surface area contributed by atoms with Crippen LogP contribution in [0.4, 0.5) is 5.95 Å². The number of hydrogen-bond donors (Lipinski definition) is 2. The fraction of sp³-hybridized carbons (Fsp3) is 0.583. The van der Waals surface area contributed by atoms with E-state index in [0.717, 1.165) is 18.5 Å². The van der Waals surface area contributed by atoms with Crippen molar-refractivity contribution in [3.63, 3.8) is 0 Å². The number of aromatic nitrogens is 2. The lowest BCUT2D eigenvalue weighted by Crippen LogP contribution is -2.45. The minimum Gasteiger partial charge on any atom is -0.347 e. The van der Waals surface area contributed by atoms with Gasteiger partial charge in [0.05, 0.1) is 5.54 Å². The Hall–Kier alpha value is -1.67. The van der Waals surface area contributed by atoms with E-state index in [-0.39, 0.29) is 5.54 Å². The molecule has 3 N–H and O–H groups in total. The highest BCUT2D eigenvalue weighted by Gasteiger charge is 2.25. The number of rotatable bonds is 5. The molecule has 1 rings (SSSR count). The third-order valence-corrected chi connectivity index (χ3v) is 3.09. The molecule has 0 aliphatic carbocycles. The summed E-state index contributed by atoms with van der Waals surface area (Å²) in [7, 11) is 0. The summed E-state index contributed by atoms with van der Waals surface area (Å²) in [6, 6.07) is 3.69. The van der Waals surface area contributed by atoms with Gasteiger partial charge in [0.15, 0.2) is 0 Å². The third-order valence-electron chi connectivity index (χ3n) is 3.09. The van der Waals surface area contributed by atoms with Gasteiger partial charge in [-0.1, -0.05) is 13.8 Å². The SMILES string of the molecule is CCC(CC)(CN)Nc1nc(C)cc(C#N)n1. The lowest BCUT2D eigenvalue weighted by Gasteiger charge is -2.31. The van der Waals surface area contributed by atoms with E-state index in [0.29, 0.717) is 18.2 Å². The van der Waals surface area contributed by atoms with Gasteiger partial charge >= 0.3 is 0 Å². The monoisotopic (exact) mass is 233 g/mol. The summed E-state index contributed by atoms with van der Waals surface area (Å²) in [4.78, 5) is 8.42. The van der Waals surface area contributed by atoms with Gasteiger partial charge in [-0.15, -0.1) is 0 Å². The molecule has 0 aliphatic rings. The zero-order valence-electron chi connectivity index (χ0n) is 10.6. The zero-order valence-corrected chi connectivity index (χ0v) is 10.6. The summed E-state index contributed by atoms with van der Waals surface area (Å²) >= 11 is 0. The Morgan fingerprint density at radius 1 is 1.41 bits per heavy atom. The largest absolute Gasteiger partial charge is 0.347 e. The van der Waals surface area contributed by atoms with E-state index in [1.807, 2.05) is 13.0 Å². The van der Waals surface area contributed by atoms with Crippen molar-refractivity contribution in [3.05, 3.63) is 17.5 Å². The van der Waals surface area contributed by atoms with Gasteiger partial charge in [0.25, 0.3) is 0 Å². The van der Waals surface area contributed by atoms with Gasteiger partial charge in [-0.05, 0) is 25.8 Å². The average Bonchev–Trinajstić information content (AvgIpc) is 2.35.